The predicted octanol–water partition coefficient (Wildman–Crippen LogP) is 3.22. The molecule has 0 saturated heterocycles. The van der Waals surface area contributed by atoms with Crippen LogP contribution < -0.4 is 10.1 Å². The Labute approximate surface area is 123 Å². The Bertz CT molecular complexity index is 709. The van der Waals surface area contributed by atoms with Gasteiger partial charge in [-0.1, -0.05) is 24.3 Å². The van der Waals surface area contributed by atoms with Gasteiger partial charge in [0.15, 0.2) is 0 Å². The summed E-state index contributed by atoms with van der Waals surface area (Å²) in [4.78, 5) is 4.18. The maximum Gasteiger partial charge on any atom is 0.145 e. The number of aromatic nitrogens is 3. The van der Waals surface area contributed by atoms with E-state index in [-0.39, 0.29) is 0 Å². The lowest BCUT2D eigenvalue weighted by Crippen LogP contribution is -2.06. The largest absolute Gasteiger partial charge is 0.457 e. The summed E-state index contributed by atoms with van der Waals surface area (Å²) in [5, 5.41) is 7.35. The molecular weight excluding hydrogens is 264 g/mol. The predicted molar refractivity (Wildman–Crippen MR) is 81.3 cm³/mol. The van der Waals surface area contributed by atoms with Crippen LogP contribution in [0.3, 0.4) is 0 Å². The molecule has 0 atom stereocenters. The van der Waals surface area contributed by atoms with Gasteiger partial charge in [0, 0.05) is 18.8 Å². The van der Waals surface area contributed by atoms with Crippen LogP contribution in [0, 0.1) is 0 Å². The van der Waals surface area contributed by atoms with Crippen molar-refractivity contribution in [1.82, 2.24) is 14.8 Å². The van der Waals surface area contributed by atoms with E-state index in [4.69, 9.17) is 4.74 Å². The molecule has 0 bridgehead atoms. The first-order valence-corrected chi connectivity index (χ1v) is 6.71. The Morgan fingerprint density at radius 2 is 1.86 bits per heavy atom. The third-order valence-electron chi connectivity index (χ3n) is 3.07. The number of para-hydroxylation sites is 1. The Balaban J connectivity index is 1.67. The fourth-order valence-electron chi connectivity index (χ4n) is 1.96. The molecule has 3 rings (SSSR count). The topological polar surface area (TPSA) is 52.0 Å². The van der Waals surface area contributed by atoms with Gasteiger partial charge in [-0.15, -0.1) is 0 Å². The second-order valence-electron chi connectivity index (χ2n) is 4.60. The summed E-state index contributed by atoms with van der Waals surface area (Å²) in [5.74, 6) is 2.50. The van der Waals surface area contributed by atoms with Gasteiger partial charge in [0.25, 0.3) is 0 Å². The van der Waals surface area contributed by atoms with Gasteiger partial charge in [0.05, 0.1) is 6.54 Å². The monoisotopic (exact) mass is 280 g/mol. The highest BCUT2D eigenvalue weighted by Gasteiger charge is 2.02. The van der Waals surface area contributed by atoms with Crippen LogP contribution in [0.25, 0.3) is 0 Å². The van der Waals surface area contributed by atoms with Gasteiger partial charge in [-0.25, -0.2) is 4.98 Å². The molecule has 1 aromatic heterocycles. The number of hydrogen-bond acceptors (Lipinski definition) is 4. The SMILES string of the molecule is Cn1ncnc1CNc1cccc(Oc2ccccc2)c1. The van der Waals surface area contributed by atoms with E-state index < -0.39 is 0 Å². The average molecular weight is 280 g/mol. The molecule has 3 aromatic rings. The summed E-state index contributed by atoms with van der Waals surface area (Å²) in [6.45, 7) is 0.616. The standard InChI is InChI=1S/C16H16N4O/c1-20-16(18-12-19-20)11-17-13-6-5-9-15(10-13)21-14-7-3-2-4-8-14/h2-10,12,17H,11H2,1H3. The fraction of sp³-hybridized carbons (Fsp3) is 0.125. The van der Waals surface area contributed by atoms with Gasteiger partial charge in [0.2, 0.25) is 0 Å². The lowest BCUT2D eigenvalue weighted by atomic mass is 10.3. The lowest BCUT2D eigenvalue weighted by Gasteiger charge is -2.09. The van der Waals surface area contributed by atoms with Crippen molar-refractivity contribution in [2.24, 2.45) is 7.05 Å². The summed E-state index contributed by atoms with van der Waals surface area (Å²) < 4.78 is 7.55. The minimum Gasteiger partial charge on any atom is -0.457 e. The molecule has 0 aliphatic heterocycles. The molecule has 5 nitrogen and oxygen atoms in total. The molecule has 2 aromatic carbocycles. The third-order valence-corrected chi connectivity index (χ3v) is 3.07. The van der Waals surface area contributed by atoms with Gasteiger partial charge >= 0.3 is 0 Å². The first-order valence-electron chi connectivity index (χ1n) is 6.71. The highest BCUT2D eigenvalue weighted by atomic mass is 16.5. The number of ether oxygens (including phenoxy) is 1. The molecule has 0 aliphatic rings. The maximum absolute atomic E-state index is 5.81. The number of hydrogen-bond donors (Lipinski definition) is 1. The van der Waals surface area contributed by atoms with E-state index >= 15 is 0 Å². The highest BCUT2D eigenvalue weighted by Crippen LogP contribution is 2.23. The maximum atomic E-state index is 5.81. The highest BCUT2D eigenvalue weighted by molar-refractivity contribution is 5.49. The van der Waals surface area contributed by atoms with Crippen LogP contribution in [0.5, 0.6) is 11.5 Å². The van der Waals surface area contributed by atoms with Crippen molar-refractivity contribution in [3.63, 3.8) is 0 Å². The first kappa shape index (κ1) is 13.2. The normalized spacial score (nSPS) is 10.3. The second kappa shape index (κ2) is 6.09. The summed E-state index contributed by atoms with van der Waals surface area (Å²) in [7, 11) is 1.87. The van der Waals surface area contributed by atoms with Crippen molar-refractivity contribution >= 4 is 5.69 Å². The first-order chi connectivity index (χ1) is 10.3. The number of aryl methyl sites for hydroxylation is 1. The zero-order chi connectivity index (χ0) is 14.5. The van der Waals surface area contributed by atoms with E-state index in [9.17, 15) is 0 Å². The van der Waals surface area contributed by atoms with Gasteiger partial charge < -0.3 is 10.1 Å². The van der Waals surface area contributed by atoms with Crippen LogP contribution in [0.2, 0.25) is 0 Å². The summed E-state index contributed by atoms with van der Waals surface area (Å²) in [5.41, 5.74) is 0.978. The smallest absolute Gasteiger partial charge is 0.145 e. The van der Waals surface area contributed by atoms with Gasteiger partial charge in [-0.2, -0.15) is 5.10 Å². The molecule has 106 valence electrons. The molecule has 1 heterocycles. The number of nitrogens with one attached hydrogen (secondary N) is 1. The Morgan fingerprint density at radius 1 is 1.05 bits per heavy atom. The van der Waals surface area contributed by atoms with Crippen LogP contribution >= 0.6 is 0 Å². The third kappa shape index (κ3) is 3.39. The Hall–Kier alpha value is -2.82. The number of benzene rings is 2. The van der Waals surface area contributed by atoms with Crippen LogP contribution in [0.4, 0.5) is 5.69 Å². The van der Waals surface area contributed by atoms with E-state index in [2.05, 4.69) is 15.4 Å². The Morgan fingerprint density at radius 3 is 2.62 bits per heavy atom. The molecule has 0 saturated carbocycles. The molecule has 1 N–H and O–H groups in total. The summed E-state index contributed by atoms with van der Waals surface area (Å²) in [6.07, 6.45) is 1.55. The van der Waals surface area contributed by atoms with Crippen LogP contribution in [-0.2, 0) is 13.6 Å². The van der Waals surface area contributed by atoms with Crippen LogP contribution in [0.1, 0.15) is 5.82 Å². The van der Waals surface area contributed by atoms with Gasteiger partial charge in [-0.3, -0.25) is 4.68 Å². The van der Waals surface area contributed by atoms with Crippen molar-refractivity contribution in [1.29, 1.82) is 0 Å². The quantitative estimate of drug-likeness (QED) is 0.779. The zero-order valence-electron chi connectivity index (χ0n) is 11.7. The van der Waals surface area contributed by atoms with Crippen LogP contribution in [-0.4, -0.2) is 14.8 Å². The molecule has 0 amide bonds. The van der Waals surface area contributed by atoms with Crippen molar-refractivity contribution in [3.8, 4) is 11.5 Å². The van der Waals surface area contributed by atoms with E-state index in [1.54, 1.807) is 11.0 Å². The average Bonchev–Trinajstić information content (AvgIpc) is 2.92. The minimum atomic E-state index is 0.616. The number of anilines is 1. The summed E-state index contributed by atoms with van der Waals surface area (Å²) >= 11 is 0. The second-order valence-corrected chi connectivity index (χ2v) is 4.60. The van der Waals surface area contributed by atoms with E-state index in [0.717, 1.165) is 23.0 Å². The number of nitrogens with zero attached hydrogens (tertiary/aromatic N) is 3. The van der Waals surface area contributed by atoms with Crippen LogP contribution in [0.15, 0.2) is 60.9 Å². The molecule has 0 aliphatic carbocycles. The molecular formula is C16H16N4O. The van der Waals surface area contributed by atoms with E-state index in [1.807, 2.05) is 61.6 Å². The minimum absolute atomic E-state index is 0.616. The molecule has 0 fully saturated rings. The van der Waals surface area contributed by atoms with E-state index in [1.165, 1.54) is 0 Å². The Kier molecular flexibility index (Phi) is 3.82. The zero-order valence-corrected chi connectivity index (χ0v) is 11.7. The molecule has 0 radical (unpaired) electrons. The van der Waals surface area contributed by atoms with Gasteiger partial charge in [-0.05, 0) is 24.3 Å². The van der Waals surface area contributed by atoms with Crippen molar-refractivity contribution in [2.45, 2.75) is 6.54 Å². The van der Waals surface area contributed by atoms with E-state index in [0.29, 0.717) is 6.54 Å². The molecule has 21 heavy (non-hydrogen) atoms. The van der Waals surface area contributed by atoms with Gasteiger partial charge in [0.1, 0.15) is 23.7 Å². The van der Waals surface area contributed by atoms with Crippen molar-refractivity contribution in [2.75, 3.05) is 5.32 Å². The molecule has 0 spiro atoms. The summed E-state index contributed by atoms with van der Waals surface area (Å²) in [6, 6.07) is 17.6. The van der Waals surface area contributed by atoms with Crippen molar-refractivity contribution < 1.29 is 4.74 Å². The van der Waals surface area contributed by atoms with Crippen molar-refractivity contribution in [3.05, 3.63) is 66.7 Å². The molecule has 0 unspecified atom stereocenters. The molecule has 5 heteroatoms. The number of rotatable bonds is 5. The fourth-order valence-corrected chi connectivity index (χ4v) is 1.96. The lowest BCUT2D eigenvalue weighted by molar-refractivity contribution is 0.483.